The number of piperidine rings is 1. The molecule has 0 radical (unpaired) electrons. The van der Waals surface area contributed by atoms with E-state index in [9.17, 15) is 14.9 Å². The van der Waals surface area contributed by atoms with Crippen molar-refractivity contribution in [2.24, 2.45) is 0 Å². The molecule has 0 spiro atoms. The molecule has 0 bridgehead atoms. The lowest BCUT2D eigenvalue weighted by Gasteiger charge is -2.31. The Hall–Kier alpha value is -2.27. The number of methoxy groups -OCH3 is 1. The maximum Gasteiger partial charge on any atom is 0.409 e. The van der Waals surface area contributed by atoms with Crippen LogP contribution in [0.25, 0.3) is 0 Å². The van der Waals surface area contributed by atoms with Gasteiger partial charge in [-0.1, -0.05) is 11.8 Å². The van der Waals surface area contributed by atoms with Crippen molar-refractivity contribution in [1.82, 2.24) is 15.2 Å². The highest BCUT2D eigenvalue weighted by Crippen LogP contribution is 2.26. The average molecular weight is 376 g/mol. The summed E-state index contributed by atoms with van der Waals surface area (Å²) >= 11 is 1.28. The van der Waals surface area contributed by atoms with Crippen molar-refractivity contribution in [3.63, 3.8) is 0 Å². The molecule has 140 valence electrons. The van der Waals surface area contributed by atoms with Gasteiger partial charge in [0.05, 0.1) is 18.4 Å². The summed E-state index contributed by atoms with van der Waals surface area (Å²) in [6.45, 7) is 6.90. The van der Waals surface area contributed by atoms with Crippen LogP contribution in [0.15, 0.2) is 5.03 Å². The van der Waals surface area contributed by atoms with E-state index >= 15 is 0 Å². The predicted molar refractivity (Wildman–Crippen MR) is 99.0 cm³/mol. The molecule has 2 heterocycles. The van der Waals surface area contributed by atoms with E-state index in [-0.39, 0.29) is 23.8 Å². The van der Waals surface area contributed by atoms with Gasteiger partial charge in [0, 0.05) is 24.8 Å². The monoisotopic (exact) mass is 376 g/mol. The highest BCUT2D eigenvalue weighted by atomic mass is 32.2. The molecule has 8 heteroatoms. The summed E-state index contributed by atoms with van der Waals surface area (Å²) in [5.41, 5.74) is 3.34. The molecular weight excluding hydrogens is 352 g/mol. The van der Waals surface area contributed by atoms with Crippen LogP contribution in [-0.2, 0) is 9.53 Å². The molecule has 0 saturated carbocycles. The van der Waals surface area contributed by atoms with Crippen LogP contribution in [0.2, 0.25) is 0 Å². The Morgan fingerprint density at radius 1 is 1.31 bits per heavy atom. The third-order valence-corrected chi connectivity index (χ3v) is 5.68. The molecule has 1 aliphatic heterocycles. The van der Waals surface area contributed by atoms with Gasteiger partial charge >= 0.3 is 6.09 Å². The number of ether oxygens (including phenoxy) is 1. The van der Waals surface area contributed by atoms with Crippen LogP contribution in [0.1, 0.15) is 35.2 Å². The quantitative estimate of drug-likeness (QED) is 0.810. The van der Waals surface area contributed by atoms with Crippen LogP contribution in [0.5, 0.6) is 0 Å². The van der Waals surface area contributed by atoms with E-state index in [2.05, 4.69) is 16.4 Å². The van der Waals surface area contributed by atoms with Gasteiger partial charge < -0.3 is 15.0 Å². The zero-order valence-corrected chi connectivity index (χ0v) is 16.4. The van der Waals surface area contributed by atoms with Crippen molar-refractivity contribution in [2.75, 3.05) is 26.0 Å². The second-order valence-corrected chi connectivity index (χ2v) is 7.29. The first-order valence-electron chi connectivity index (χ1n) is 8.50. The van der Waals surface area contributed by atoms with Crippen LogP contribution in [0.4, 0.5) is 4.79 Å². The molecule has 0 aromatic carbocycles. The fraction of sp³-hybridized carbons (Fsp3) is 0.556. The Labute approximate surface area is 158 Å². The molecule has 0 unspecified atom stereocenters. The van der Waals surface area contributed by atoms with E-state index in [1.807, 2.05) is 20.8 Å². The molecule has 1 N–H and O–H groups in total. The van der Waals surface area contributed by atoms with Crippen molar-refractivity contribution < 1.29 is 14.3 Å². The van der Waals surface area contributed by atoms with Crippen molar-refractivity contribution in [2.45, 2.75) is 44.7 Å². The minimum absolute atomic E-state index is 0.0499. The maximum atomic E-state index is 12.2. The number of nitriles is 1. The Balaban J connectivity index is 1.89. The van der Waals surface area contributed by atoms with E-state index in [4.69, 9.17) is 4.74 Å². The van der Waals surface area contributed by atoms with Gasteiger partial charge in [-0.2, -0.15) is 5.26 Å². The number of likely N-dealkylation sites (tertiary alicyclic amines) is 1. The van der Waals surface area contributed by atoms with Crippen molar-refractivity contribution >= 4 is 23.8 Å². The van der Waals surface area contributed by atoms with Gasteiger partial charge in [-0.25, -0.2) is 9.78 Å². The molecule has 2 rings (SSSR count). The van der Waals surface area contributed by atoms with Crippen molar-refractivity contribution in [3.05, 3.63) is 22.4 Å². The molecule has 0 atom stereocenters. The van der Waals surface area contributed by atoms with Crippen LogP contribution in [0.3, 0.4) is 0 Å². The number of aryl methyl sites for hydroxylation is 1. The highest BCUT2D eigenvalue weighted by Gasteiger charge is 2.24. The number of nitrogens with one attached hydrogen (secondary N) is 1. The molecule has 2 amide bonds. The van der Waals surface area contributed by atoms with Gasteiger partial charge in [-0.05, 0) is 44.7 Å². The lowest BCUT2D eigenvalue weighted by atomic mass is 10.1. The molecule has 1 aromatic heterocycles. The first kappa shape index (κ1) is 20.0. The number of aromatic nitrogens is 1. The Kier molecular flexibility index (Phi) is 6.86. The number of amides is 2. The molecule has 0 aliphatic carbocycles. The highest BCUT2D eigenvalue weighted by molar-refractivity contribution is 8.00. The standard InChI is InChI=1S/C18H24N4O3S/c1-11-12(2)15(9-19)17(20-13(11)3)26-10-16(23)21-14-5-7-22(8-6-14)18(24)25-4/h14H,5-8,10H2,1-4H3,(H,21,23). The smallest absolute Gasteiger partial charge is 0.409 e. The van der Waals surface area contributed by atoms with Gasteiger partial charge in [0.25, 0.3) is 0 Å². The minimum Gasteiger partial charge on any atom is -0.453 e. The fourth-order valence-electron chi connectivity index (χ4n) is 2.89. The summed E-state index contributed by atoms with van der Waals surface area (Å²) < 4.78 is 4.71. The van der Waals surface area contributed by atoms with Gasteiger partial charge in [-0.3, -0.25) is 4.79 Å². The van der Waals surface area contributed by atoms with Crippen LogP contribution >= 0.6 is 11.8 Å². The van der Waals surface area contributed by atoms with E-state index in [0.717, 1.165) is 16.8 Å². The van der Waals surface area contributed by atoms with E-state index in [1.165, 1.54) is 18.9 Å². The van der Waals surface area contributed by atoms with Crippen LogP contribution in [-0.4, -0.2) is 53.9 Å². The maximum absolute atomic E-state index is 12.2. The number of carbonyl (C=O) groups is 2. The number of hydrogen-bond acceptors (Lipinski definition) is 6. The Morgan fingerprint density at radius 3 is 2.54 bits per heavy atom. The van der Waals surface area contributed by atoms with E-state index in [1.54, 1.807) is 4.90 Å². The third-order valence-electron chi connectivity index (χ3n) is 4.71. The van der Waals surface area contributed by atoms with Gasteiger partial charge in [0.2, 0.25) is 5.91 Å². The molecule has 1 saturated heterocycles. The topological polar surface area (TPSA) is 95.3 Å². The number of carbonyl (C=O) groups excluding carboxylic acids is 2. The molecular formula is C18H24N4O3S. The average Bonchev–Trinajstić information content (AvgIpc) is 2.64. The summed E-state index contributed by atoms with van der Waals surface area (Å²) in [4.78, 5) is 29.8. The van der Waals surface area contributed by atoms with Crippen LogP contribution < -0.4 is 5.32 Å². The van der Waals surface area contributed by atoms with Crippen LogP contribution in [0, 0.1) is 32.1 Å². The summed E-state index contributed by atoms with van der Waals surface area (Å²) in [5.74, 6) is 0.119. The van der Waals surface area contributed by atoms with E-state index in [0.29, 0.717) is 36.5 Å². The second-order valence-electron chi connectivity index (χ2n) is 6.33. The fourth-order valence-corrected chi connectivity index (χ4v) is 3.78. The Bertz CT molecular complexity index is 737. The second kappa shape index (κ2) is 8.90. The molecule has 1 fully saturated rings. The van der Waals surface area contributed by atoms with Crippen molar-refractivity contribution in [1.29, 1.82) is 5.26 Å². The molecule has 1 aromatic rings. The lowest BCUT2D eigenvalue weighted by Crippen LogP contribution is -2.46. The predicted octanol–water partition coefficient (Wildman–Crippen LogP) is 2.32. The van der Waals surface area contributed by atoms with Gasteiger partial charge in [0.1, 0.15) is 11.1 Å². The largest absolute Gasteiger partial charge is 0.453 e. The molecule has 7 nitrogen and oxygen atoms in total. The van der Waals surface area contributed by atoms with Gasteiger partial charge in [0.15, 0.2) is 0 Å². The number of pyridine rings is 1. The zero-order valence-electron chi connectivity index (χ0n) is 15.6. The number of thioether (sulfide) groups is 1. The summed E-state index contributed by atoms with van der Waals surface area (Å²) in [6, 6.07) is 2.24. The first-order chi connectivity index (χ1) is 12.4. The summed E-state index contributed by atoms with van der Waals surface area (Å²) in [5, 5.41) is 13.0. The molecule has 26 heavy (non-hydrogen) atoms. The SMILES string of the molecule is COC(=O)N1CCC(NC(=O)CSc2nc(C)c(C)c(C)c2C#N)CC1. The Morgan fingerprint density at radius 2 is 1.96 bits per heavy atom. The lowest BCUT2D eigenvalue weighted by molar-refractivity contribution is -0.119. The number of rotatable bonds is 4. The number of nitrogens with zero attached hydrogens (tertiary/aromatic N) is 3. The number of hydrogen-bond donors (Lipinski definition) is 1. The minimum atomic E-state index is -0.328. The first-order valence-corrected chi connectivity index (χ1v) is 9.48. The van der Waals surface area contributed by atoms with E-state index < -0.39 is 0 Å². The normalized spacial score (nSPS) is 14.7. The zero-order chi connectivity index (χ0) is 19.3. The summed E-state index contributed by atoms with van der Waals surface area (Å²) in [6.07, 6.45) is 1.08. The molecule has 1 aliphatic rings. The van der Waals surface area contributed by atoms with Crippen molar-refractivity contribution in [3.8, 4) is 6.07 Å². The summed E-state index contributed by atoms with van der Waals surface area (Å²) in [7, 11) is 1.37. The third kappa shape index (κ3) is 4.67. The van der Waals surface area contributed by atoms with Gasteiger partial charge in [-0.15, -0.1) is 0 Å².